The predicted molar refractivity (Wildman–Crippen MR) is 72.7 cm³/mol. The van der Waals surface area contributed by atoms with Gasteiger partial charge in [-0.3, -0.25) is 4.79 Å². The monoisotopic (exact) mass is 251 g/mol. The summed E-state index contributed by atoms with van der Waals surface area (Å²) in [6.45, 7) is 2.24. The number of carbonyl (C=O) groups excluding carboxylic acids is 1. The summed E-state index contributed by atoms with van der Waals surface area (Å²) in [5.41, 5.74) is 0. The molecule has 1 rings (SSSR count). The lowest BCUT2D eigenvalue weighted by molar-refractivity contribution is 0.0945. The Labute approximate surface area is 110 Å². The fraction of sp³-hybridized carbons (Fsp3) is 0.733. The quantitative estimate of drug-likeness (QED) is 0.420. The van der Waals surface area contributed by atoms with E-state index in [9.17, 15) is 4.79 Å². The highest BCUT2D eigenvalue weighted by Gasteiger charge is 2.09. The highest BCUT2D eigenvalue weighted by molar-refractivity contribution is 5.91. The lowest BCUT2D eigenvalue weighted by Gasteiger charge is -2.01. The van der Waals surface area contributed by atoms with Crippen LogP contribution in [0.25, 0.3) is 0 Å². The minimum Gasteiger partial charge on any atom is -0.442 e. The van der Waals surface area contributed by atoms with Crippen LogP contribution in [0.5, 0.6) is 0 Å². The highest BCUT2D eigenvalue weighted by Crippen LogP contribution is 2.11. The summed E-state index contributed by atoms with van der Waals surface area (Å²) in [5, 5.41) is 0. The van der Waals surface area contributed by atoms with Gasteiger partial charge in [-0.05, 0) is 6.42 Å². The van der Waals surface area contributed by atoms with Crippen LogP contribution in [0.15, 0.2) is 16.9 Å². The minimum absolute atomic E-state index is 0.0305. The van der Waals surface area contributed by atoms with E-state index < -0.39 is 0 Å². The molecule has 0 saturated carbocycles. The number of carbonyl (C=O) groups is 1. The van der Waals surface area contributed by atoms with Crippen LogP contribution < -0.4 is 0 Å². The van der Waals surface area contributed by atoms with Crippen molar-refractivity contribution in [2.75, 3.05) is 0 Å². The van der Waals surface area contributed by atoms with Gasteiger partial charge < -0.3 is 4.42 Å². The molecule has 0 saturated heterocycles. The van der Waals surface area contributed by atoms with Gasteiger partial charge in [-0.15, -0.1) is 0 Å². The zero-order chi connectivity index (χ0) is 13.1. The third-order valence-electron chi connectivity index (χ3n) is 3.18. The van der Waals surface area contributed by atoms with Crippen LogP contribution in [0.4, 0.5) is 0 Å². The van der Waals surface area contributed by atoms with E-state index in [0.717, 1.165) is 12.8 Å². The number of hydrogen-bond donors (Lipinski definition) is 0. The second-order valence-electron chi connectivity index (χ2n) is 4.84. The van der Waals surface area contributed by atoms with Gasteiger partial charge in [0, 0.05) is 6.42 Å². The molecule has 1 heterocycles. The first-order valence-corrected chi connectivity index (χ1v) is 7.27. The van der Waals surface area contributed by atoms with Crippen LogP contribution in [0, 0.1) is 0 Å². The topological polar surface area (TPSA) is 43.1 Å². The van der Waals surface area contributed by atoms with E-state index in [2.05, 4.69) is 11.9 Å². The Bertz CT molecular complexity index is 306. The summed E-state index contributed by atoms with van der Waals surface area (Å²) in [4.78, 5) is 15.4. The average Bonchev–Trinajstić information content (AvgIpc) is 2.90. The minimum atomic E-state index is 0.0305. The number of Topliss-reactive ketones (excluding diaryl/α,β-unsaturated/α-hetero) is 1. The van der Waals surface area contributed by atoms with Gasteiger partial charge in [-0.2, -0.15) is 0 Å². The number of ketones is 1. The second-order valence-corrected chi connectivity index (χ2v) is 4.84. The number of hydrogen-bond acceptors (Lipinski definition) is 3. The molecule has 3 nitrogen and oxygen atoms in total. The molecule has 0 aliphatic carbocycles. The maximum Gasteiger partial charge on any atom is 0.263 e. The molecule has 0 radical (unpaired) electrons. The van der Waals surface area contributed by atoms with Gasteiger partial charge in [0.05, 0.1) is 6.20 Å². The summed E-state index contributed by atoms with van der Waals surface area (Å²) in [6.07, 6.45) is 14.9. The largest absolute Gasteiger partial charge is 0.442 e. The fourth-order valence-corrected chi connectivity index (χ4v) is 2.06. The van der Waals surface area contributed by atoms with E-state index >= 15 is 0 Å². The second kappa shape index (κ2) is 9.86. The Morgan fingerprint density at radius 1 is 1.06 bits per heavy atom. The van der Waals surface area contributed by atoms with E-state index in [1.807, 2.05) is 0 Å². The molecule has 1 aromatic heterocycles. The lowest BCUT2D eigenvalue weighted by atomic mass is 10.1. The van der Waals surface area contributed by atoms with Crippen LogP contribution in [0.3, 0.4) is 0 Å². The molecule has 0 bridgehead atoms. The maximum absolute atomic E-state index is 11.6. The van der Waals surface area contributed by atoms with Gasteiger partial charge in [0.2, 0.25) is 5.78 Å². The van der Waals surface area contributed by atoms with Crippen molar-refractivity contribution >= 4 is 5.78 Å². The zero-order valence-corrected chi connectivity index (χ0v) is 11.5. The van der Waals surface area contributed by atoms with E-state index in [1.54, 1.807) is 0 Å². The Balaban J connectivity index is 1.88. The van der Waals surface area contributed by atoms with E-state index in [-0.39, 0.29) is 11.7 Å². The highest BCUT2D eigenvalue weighted by atomic mass is 16.3. The van der Waals surface area contributed by atoms with Crippen molar-refractivity contribution in [2.45, 2.75) is 71.1 Å². The van der Waals surface area contributed by atoms with Crippen molar-refractivity contribution in [3.8, 4) is 0 Å². The van der Waals surface area contributed by atoms with Gasteiger partial charge in [-0.1, -0.05) is 58.3 Å². The standard InChI is InChI=1S/C15H25NO2/c1-2-3-4-5-6-7-8-9-10-11-14(17)15-16-12-13-18-15/h12-13H,2-11H2,1H3. The molecule has 0 spiro atoms. The Hall–Kier alpha value is -1.12. The molecule has 0 aliphatic heterocycles. The fourth-order valence-electron chi connectivity index (χ4n) is 2.06. The number of aromatic nitrogens is 1. The predicted octanol–water partition coefficient (Wildman–Crippen LogP) is 4.78. The molecule has 0 unspecified atom stereocenters. The molecule has 0 aromatic carbocycles. The zero-order valence-electron chi connectivity index (χ0n) is 11.5. The van der Waals surface area contributed by atoms with Crippen LogP contribution in [0.1, 0.15) is 81.8 Å². The lowest BCUT2D eigenvalue weighted by Crippen LogP contribution is -1.98. The number of rotatable bonds is 11. The van der Waals surface area contributed by atoms with E-state index in [1.165, 1.54) is 57.4 Å². The Morgan fingerprint density at radius 2 is 1.67 bits per heavy atom. The first-order valence-electron chi connectivity index (χ1n) is 7.27. The molecule has 1 aromatic rings. The van der Waals surface area contributed by atoms with Crippen molar-refractivity contribution in [1.82, 2.24) is 4.98 Å². The molecule has 18 heavy (non-hydrogen) atoms. The Kier molecular flexibility index (Phi) is 8.19. The molecule has 102 valence electrons. The first kappa shape index (κ1) is 14.9. The number of unbranched alkanes of at least 4 members (excludes halogenated alkanes) is 8. The van der Waals surface area contributed by atoms with Crippen molar-refractivity contribution < 1.29 is 9.21 Å². The van der Waals surface area contributed by atoms with Crippen molar-refractivity contribution in [2.24, 2.45) is 0 Å². The third kappa shape index (κ3) is 6.58. The van der Waals surface area contributed by atoms with Crippen molar-refractivity contribution in [3.63, 3.8) is 0 Å². The van der Waals surface area contributed by atoms with Gasteiger partial charge in [-0.25, -0.2) is 4.98 Å². The third-order valence-corrected chi connectivity index (χ3v) is 3.18. The van der Waals surface area contributed by atoms with E-state index in [4.69, 9.17) is 4.42 Å². The average molecular weight is 251 g/mol. The normalized spacial score (nSPS) is 10.7. The van der Waals surface area contributed by atoms with Crippen LogP contribution in [0.2, 0.25) is 0 Å². The van der Waals surface area contributed by atoms with Crippen molar-refractivity contribution in [3.05, 3.63) is 18.4 Å². The summed E-state index contributed by atoms with van der Waals surface area (Å²) < 4.78 is 4.97. The molecule has 0 fully saturated rings. The smallest absolute Gasteiger partial charge is 0.263 e. The number of oxazole rings is 1. The molecular formula is C15H25NO2. The first-order chi connectivity index (χ1) is 8.84. The summed E-state index contributed by atoms with van der Waals surface area (Å²) >= 11 is 0. The van der Waals surface area contributed by atoms with Gasteiger partial charge >= 0.3 is 0 Å². The maximum atomic E-state index is 11.6. The molecule has 3 heteroatoms. The van der Waals surface area contributed by atoms with Crippen molar-refractivity contribution in [1.29, 1.82) is 0 Å². The molecule has 0 aliphatic rings. The Morgan fingerprint density at radius 3 is 2.22 bits per heavy atom. The molecule has 0 amide bonds. The number of nitrogens with zero attached hydrogens (tertiary/aromatic N) is 1. The van der Waals surface area contributed by atoms with Gasteiger partial charge in [0.25, 0.3) is 5.89 Å². The molecular weight excluding hydrogens is 226 g/mol. The van der Waals surface area contributed by atoms with Gasteiger partial charge in [0.15, 0.2) is 0 Å². The SMILES string of the molecule is CCCCCCCCCCCC(=O)c1ncco1. The van der Waals surface area contributed by atoms with E-state index in [0.29, 0.717) is 6.42 Å². The molecule has 0 atom stereocenters. The van der Waals surface area contributed by atoms with Crippen LogP contribution in [-0.2, 0) is 0 Å². The van der Waals surface area contributed by atoms with Crippen LogP contribution >= 0.6 is 0 Å². The summed E-state index contributed by atoms with van der Waals surface area (Å²) in [6, 6.07) is 0. The summed E-state index contributed by atoms with van der Waals surface area (Å²) in [7, 11) is 0. The molecule has 0 N–H and O–H groups in total. The summed E-state index contributed by atoms with van der Waals surface area (Å²) in [5.74, 6) is 0.289. The van der Waals surface area contributed by atoms with Crippen LogP contribution in [-0.4, -0.2) is 10.8 Å². The van der Waals surface area contributed by atoms with Gasteiger partial charge in [0.1, 0.15) is 6.26 Å².